The molecule has 34 heavy (non-hydrogen) atoms. The van der Waals surface area contributed by atoms with Crippen molar-refractivity contribution in [1.82, 2.24) is 0 Å². The van der Waals surface area contributed by atoms with Crippen molar-refractivity contribution in [3.63, 3.8) is 0 Å². The van der Waals surface area contributed by atoms with Crippen molar-refractivity contribution < 1.29 is 29.4 Å². The number of aliphatic imine (C=N–C) groups is 1. The summed E-state index contributed by atoms with van der Waals surface area (Å²) in [5.74, 6) is 0.574. The van der Waals surface area contributed by atoms with Crippen LogP contribution < -0.4 is 9.64 Å². The van der Waals surface area contributed by atoms with Gasteiger partial charge in [-0.2, -0.15) is 0 Å². The zero-order valence-electron chi connectivity index (χ0n) is 20.5. The number of methoxy groups -OCH3 is 1. The number of aliphatic hydroxyl groups excluding tert-OH is 1. The molecule has 2 atom stereocenters. The number of quaternary nitrogens is 1. The molecule has 7 nitrogen and oxygen atoms in total. The highest BCUT2D eigenvalue weighted by molar-refractivity contribution is 5.86. The number of carbonyl (C=O) groups is 1. The number of phenolic OH excluding ortho intramolecular Hbond substituents is 1. The van der Waals surface area contributed by atoms with Gasteiger partial charge in [0.1, 0.15) is 24.2 Å². The largest absolute Gasteiger partial charge is 0.504 e. The Balaban J connectivity index is 1.46. The molecule has 1 aromatic rings. The molecule has 0 aliphatic carbocycles. The Morgan fingerprint density at radius 1 is 1.24 bits per heavy atom. The van der Waals surface area contributed by atoms with E-state index in [1.165, 1.54) is 11.1 Å². The van der Waals surface area contributed by atoms with Crippen molar-refractivity contribution in [1.29, 1.82) is 0 Å². The lowest BCUT2D eigenvalue weighted by molar-refractivity contribution is -0.855. The number of aryl methyl sites for hydroxylation is 1. The SMILES string of the molecule is CCCCC[C@@H](O)CC(=O)CCc1ccc(O)c(OC[NH+]2C=C3N=CC(CCCOC)=C3C2)c1. The van der Waals surface area contributed by atoms with Crippen LogP contribution in [0.5, 0.6) is 11.5 Å². The molecular formula is C27H39N2O5+. The van der Waals surface area contributed by atoms with E-state index in [0.29, 0.717) is 31.7 Å². The number of ketones is 1. The van der Waals surface area contributed by atoms with Gasteiger partial charge in [0.25, 0.3) is 0 Å². The number of allylic oxidation sites excluding steroid dienone is 1. The van der Waals surface area contributed by atoms with E-state index in [1.54, 1.807) is 19.2 Å². The lowest BCUT2D eigenvalue weighted by atomic mass is 10.0. The quantitative estimate of drug-likeness (QED) is 0.322. The number of benzene rings is 1. The molecule has 2 aliphatic rings. The topological polar surface area (TPSA) is 92.8 Å². The third kappa shape index (κ3) is 7.79. The van der Waals surface area contributed by atoms with Gasteiger partial charge in [-0.05, 0) is 49.0 Å². The molecule has 0 fully saturated rings. The molecule has 2 heterocycles. The molecule has 3 N–H and O–H groups in total. The number of carbonyl (C=O) groups excluding carboxylic acids is 1. The van der Waals surface area contributed by atoms with E-state index < -0.39 is 6.10 Å². The summed E-state index contributed by atoms with van der Waals surface area (Å²) < 4.78 is 11.1. The van der Waals surface area contributed by atoms with Crippen molar-refractivity contribution >= 4 is 12.0 Å². The average molecular weight is 472 g/mol. The number of nitrogens with zero attached hydrogens (tertiary/aromatic N) is 1. The third-order valence-electron chi connectivity index (χ3n) is 6.33. The number of unbranched alkanes of at least 4 members (excludes halogenated alkanes) is 2. The molecule has 1 unspecified atom stereocenters. The second-order valence-corrected chi connectivity index (χ2v) is 9.21. The number of phenols is 1. The third-order valence-corrected chi connectivity index (χ3v) is 6.33. The standard InChI is InChI=1S/C27H38N2O5/c1-3-4-5-8-22(30)15-23(31)11-9-20-10-12-26(32)27(14-20)34-19-29-17-24-21(7-6-13-33-2)16-28-25(24)18-29/h10,12,14,16,18,22,30,32H,3-9,11,13,15,17,19H2,1-2H3/p+1/t22-/m1/s1. The maximum atomic E-state index is 12.2. The van der Waals surface area contributed by atoms with Gasteiger partial charge in [-0.15, -0.1) is 0 Å². The van der Waals surface area contributed by atoms with Crippen LogP contribution in [0.15, 0.2) is 46.2 Å². The van der Waals surface area contributed by atoms with Crippen molar-refractivity contribution in [2.24, 2.45) is 4.99 Å². The number of nitrogens with one attached hydrogen (secondary N) is 1. The number of aromatic hydroxyl groups is 1. The van der Waals surface area contributed by atoms with Crippen LogP contribution in [-0.4, -0.2) is 55.3 Å². The van der Waals surface area contributed by atoms with E-state index in [9.17, 15) is 15.0 Å². The molecule has 1 aromatic carbocycles. The summed E-state index contributed by atoms with van der Waals surface area (Å²) in [5, 5.41) is 20.3. The molecule has 0 saturated carbocycles. The number of fused-ring (bicyclic) bond motifs is 1. The molecule has 7 heteroatoms. The van der Waals surface area contributed by atoms with Gasteiger partial charge in [0.2, 0.25) is 6.73 Å². The molecule has 0 bridgehead atoms. The van der Waals surface area contributed by atoms with Gasteiger partial charge in [-0.25, -0.2) is 0 Å². The first-order valence-electron chi connectivity index (χ1n) is 12.5. The van der Waals surface area contributed by atoms with Crippen LogP contribution in [0.1, 0.15) is 63.9 Å². The summed E-state index contributed by atoms with van der Waals surface area (Å²) in [4.78, 5) is 17.9. The molecule has 0 saturated heterocycles. The highest BCUT2D eigenvalue weighted by atomic mass is 16.5. The monoisotopic (exact) mass is 471 g/mol. The highest BCUT2D eigenvalue weighted by Gasteiger charge is 2.28. The molecule has 0 aromatic heterocycles. The molecule has 0 radical (unpaired) electrons. The first-order valence-corrected chi connectivity index (χ1v) is 12.5. The van der Waals surface area contributed by atoms with Crippen LogP contribution in [-0.2, 0) is 16.0 Å². The minimum atomic E-state index is -0.547. The predicted octanol–water partition coefficient (Wildman–Crippen LogP) is 3.11. The van der Waals surface area contributed by atoms with E-state index in [4.69, 9.17) is 9.47 Å². The smallest absolute Gasteiger partial charge is 0.227 e. The van der Waals surface area contributed by atoms with Crippen molar-refractivity contribution in [3.8, 4) is 11.5 Å². The number of ether oxygens (including phenoxy) is 2. The molecule has 0 spiro atoms. The zero-order valence-corrected chi connectivity index (χ0v) is 20.5. The van der Waals surface area contributed by atoms with Crippen LogP contribution >= 0.6 is 0 Å². The predicted molar refractivity (Wildman–Crippen MR) is 132 cm³/mol. The average Bonchev–Trinajstić information content (AvgIpc) is 3.39. The minimum absolute atomic E-state index is 0.0642. The fourth-order valence-electron chi connectivity index (χ4n) is 4.36. The van der Waals surface area contributed by atoms with E-state index in [0.717, 1.165) is 61.4 Å². The Morgan fingerprint density at radius 3 is 2.88 bits per heavy atom. The van der Waals surface area contributed by atoms with Gasteiger partial charge in [0.05, 0.1) is 6.10 Å². The molecule has 2 aliphatic heterocycles. The van der Waals surface area contributed by atoms with Gasteiger partial charge in [0.15, 0.2) is 11.5 Å². The maximum absolute atomic E-state index is 12.2. The first-order chi connectivity index (χ1) is 16.5. The van der Waals surface area contributed by atoms with Crippen LogP contribution in [0.4, 0.5) is 0 Å². The van der Waals surface area contributed by atoms with Crippen LogP contribution in [0.25, 0.3) is 0 Å². The van der Waals surface area contributed by atoms with E-state index in [-0.39, 0.29) is 18.0 Å². The Morgan fingerprint density at radius 2 is 2.09 bits per heavy atom. The lowest BCUT2D eigenvalue weighted by Crippen LogP contribution is -3.07. The van der Waals surface area contributed by atoms with Gasteiger partial charge < -0.3 is 19.7 Å². The summed E-state index contributed by atoms with van der Waals surface area (Å²) >= 11 is 0. The summed E-state index contributed by atoms with van der Waals surface area (Å²) in [6.07, 6.45) is 10.4. The zero-order chi connectivity index (χ0) is 24.3. The Labute approximate surface area is 202 Å². The Kier molecular flexibility index (Phi) is 10.3. The second kappa shape index (κ2) is 13.4. The normalized spacial score (nSPS) is 17.7. The number of rotatable bonds is 16. The first kappa shape index (κ1) is 26.1. The summed E-state index contributed by atoms with van der Waals surface area (Å²) in [6.45, 7) is 4.06. The van der Waals surface area contributed by atoms with Gasteiger partial charge in [-0.1, -0.05) is 32.3 Å². The minimum Gasteiger partial charge on any atom is -0.504 e. The van der Waals surface area contributed by atoms with Crippen molar-refractivity contribution in [2.75, 3.05) is 27.0 Å². The van der Waals surface area contributed by atoms with Gasteiger partial charge in [-0.3, -0.25) is 14.7 Å². The number of hydrogen-bond donors (Lipinski definition) is 3. The second-order valence-electron chi connectivity index (χ2n) is 9.21. The highest BCUT2D eigenvalue weighted by Crippen LogP contribution is 2.28. The molecule has 3 rings (SSSR count). The fraction of sp³-hybridized carbons (Fsp3) is 0.556. The van der Waals surface area contributed by atoms with Crippen LogP contribution in [0.3, 0.4) is 0 Å². The molecule has 0 amide bonds. The van der Waals surface area contributed by atoms with E-state index in [2.05, 4.69) is 18.1 Å². The molecule has 186 valence electrons. The van der Waals surface area contributed by atoms with Crippen molar-refractivity contribution in [2.45, 2.75) is 70.8 Å². The van der Waals surface area contributed by atoms with E-state index >= 15 is 0 Å². The van der Waals surface area contributed by atoms with Crippen LogP contribution in [0.2, 0.25) is 0 Å². The Hall–Kier alpha value is -2.48. The van der Waals surface area contributed by atoms with Gasteiger partial charge in [0, 0.05) is 38.3 Å². The van der Waals surface area contributed by atoms with Crippen molar-refractivity contribution in [3.05, 3.63) is 46.8 Å². The summed E-state index contributed by atoms with van der Waals surface area (Å²) in [6, 6.07) is 5.23. The van der Waals surface area contributed by atoms with Gasteiger partial charge >= 0.3 is 0 Å². The maximum Gasteiger partial charge on any atom is 0.227 e. The lowest BCUT2D eigenvalue weighted by Gasteiger charge is -2.14. The fourth-order valence-corrected chi connectivity index (χ4v) is 4.36. The molecular weight excluding hydrogens is 432 g/mol. The summed E-state index contributed by atoms with van der Waals surface area (Å²) in [7, 11) is 1.72. The number of aliphatic hydroxyl groups is 1. The van der Waals surface area contributed by atoms with Crippen LogP contribution in [0, 0.1) is 0 Å². The summed E-state index contributed by atoms with van der Waals surface area (Å²) in [5.41, 5.74) is 4.48. The van der Waals surface area contributed by atoms with E-state index in [1.807, 2.05) is 12.3 Å². The Bertz CT molecular complexity index is 922. The number of Topliss-reactive ketones (excluding diaryl/α,β-unsaturated/α-hetero) is 1. The number of hydrogen-bond acceptors (Lipinski definition) is 6.